The lowest BCUT2D eigenvalue weighted by Crippen LogP contribution is -2.57. The SMILES string of the molecule is CCCCC(C[N+](=O)[O-])ON1OC(CCCC)CC1([N+](=O)[O-])[N+](=O)[O-]. The molecular weight excluding hydrogens is 340 g/mol. The van der Waals surface area contributed by atoms with E-state index < -0.39 is 45.7 Å². The maximum Gasteiger partial charge on any atom is 0.568 e. The quantitative estimate of drug-likeness (QED) is 0.288. The van der Waals surface area contributed by atoms with Gasteiger partial charge in [0.2, 0.25) is 6.54 Å². The first-order valence-corrected chi connectivity index (χ1v) is 8.32. The molecule has 0 amide bonds. The Hall–Kier alpha value is -1.92. The van der Waals surface area contributed by atoms with E-state index in [1.165, 1.54) is 0 Å². The molecule has 2 unspecified atom stereocenters. The number of rotatable bonds is 12. The number of hydrogen-bond acceptors (Lipinski definition) is 9. The summed E-state index contributed by atoms with van der Waals surface area (Å²) in [6, 6.07) is 0. The zero-order chi connectivity index (χ0) is 19.0. The Balaban J connectivity index is 3.00. The number of nitrogens with zero attached hydrogens (tertiary/aromatic N) is 4. The van der Waals surface area contributed by atoms with Crippen LogP contribution in [0.5, 0.6) is 0 Å². The van der Waals surface area contributed by atoms with Crippen LogP contribution in [0.25, 0.3) is 0 Å². The van der Waals surface area contributed by atoms with Gasteiger partial charge in [0, 0.05) is 4.92 Å². The van der Waals surface area contributed by atoms with Crippen LogP contribution >= 0.6 is 0 Å². The fourth-order valence-corrected chi connectivity index (χ4v) is 2.59. The molecule has 0 aromatic heterocycles. The van der Waals surface area contributed by atoms with Gasteiger partial charge in [0.05, 0.1) is 11.3 Å². The Bertz CT molecular complexity index is 475. The summed E-state index contributed by atoms with van der Waals surface area (Å²) >= 11 is 0. The third-order valence-corrected chi connectivity index (χ3v) is 3.98. The largest absolute Gasteiger partial charge is 0.568 e. The van der Waals surface area contributed by atoms with Crippen molar-refractivity contribution in [3.63, 3.8) is 0 Å². The molecule has 12 heteroatoms. The van der Waals surface area contributed by atoms with E-state index in [0.717, 1.165) is 12.8 Å². The molecule has 2 atom stereocenters. The van der Waals surface area contributed by atoms with E-state index in [1.807, 2.05) is 13.8 Å². The predicted octanol–water partition coefficient (Wildman–Crippen LogP) is 2.16. The fraction of sp³-hybridized carbons (Fsp3) is 1.00. The van der Waals surface area contributed by atoms with Crippen LogP contribution in [0.2, 0.25) is 0 Å². The van der Waals surface area contributed by atoms with Gasteiger partial charge in [0.15, 0.2) is 0 Å². The molecule has 144 valence electrons. The second kappa shape index (κ2) is 9.53. The van der Waals surface area contributed by atoms with Crippen LogP contribution in [0.3, 0.4) is 0 Å². The van der Waals surface area contributed by atoms with Gasteiger partial charge in [-0.1, -0.05) is 39.5 Å². The smallest absolute Gasteiger partial charge is 0.264 e. The third kappa shape index (κ3) is 5.28. The van der Waals surface area contributed by atoms with Gasteiger partial charge in [-0.05, 0) is 12.8 Å². The molecule has 0 saturated carbocycles. The average Bonchev–Trinajstić information content (AvgIpc) is 2.89. The van der Waals surface area contributed by atoms with E-state index in [0.29, 0.717) is 19.3 Å². The lowest BCUT2D eigenvalue weighted by atomic mass is 10.1. The monoisotopic (exact) mass is 364 g/mol. The Morgan fingerprint density at radius 2 is 1.76 bits per heavy atom. The van der Waals surface area contributed by atoms with E-state index in [2.05, 4.69) is 0 Å². The van der Waals surface area contributed by atoms with Gasteiger partial charge in [0.1, 0.15) is 22.4 Å². The summed E-state index contributed by atoms with van der Waals surface area (Å²) in [6.45, 7) is 3.16. The normalized spacial score (nSPS) is 21.1. The Kier molecular flexibility index (Phi) is 8.06. The average molecular weight is 364 g/mol. The first-order valence-electron chi connectivity index (χ1n) is 8.32. The minimum Gasteiger partial charge on any atom is -0.264 e. The van der Waals surface area contributed by atoms with Gasteiger partial charge in [0.25, 0.3) is 0 Å². The van der Waals surface area contributed by atoms with Gasteiger partial charge in [-0.15, -0.1) is 0 Å². The van der Waals surface area contributed by atoms with Crippen molar-refractivity contribution in [2.45, 2.75) is 76.8 Å². The van der Waals surface area contributed by atoms with E-state index in [9.17, 15) is 30.3 Å². The van der Waals surface area contributed by atoms with Crippen molar-refractivity contribution in [1.29, 1.82) is 0 Å². The number of unbranched alkanes of at least 4 members (excludes halogenated alkanes) is 2. The van der Waals surface area contributed by atoms with Crippen molar-refractivity contribution in [1.82, 2.24) is 5.23 Å². The van der Waals surface area contributed by atoms with Crippen molar-refractivity contribution < 1.29 is 24.4 Å². The molecule has 1 fully saturated rings. The van der Waals surface area contributed by atoms with E-state index in [-0.39, 0.29) is 11.6 Å². The van der Waals surface area contributed by atoms with Crippen LogP contribution in [-0.2, 0) is 9.68 Å². The summed E-state index contributed by atoms with van der Waals surface area (Å²) in [7, 11) is 0. The standard InChI is InChI=1S/C13H24N4O8/c1-3-5-7-11-9-13(15(20)21,16(22)23)17(24-11)25-12(8-6-4-2)10-14(18)19/h11-12H,3-10H2,1-2H3. The maximum atomic E-state index is 11.4. The molecule has 0 bridgehead atoms. The second-order valence-electron chi connectivity index (χ2n) is 6.00. The van der Waals surface area contributed by atoms with Crippen molar-refractivity contribution in [3.8, 4) is 0 Å². The molecule has 0 aromatic carbocycles. The van der Waals surface area contributed by atoms with Crippen molar-refractivity contribution >= 4 is 0 Å². The molecule has 0 spiro atoms. The zero-order valence-corrected chi connectivity index (χ0v) is 14.4. The van der Waals surface area contributed by atoms with Crippen molar-refractivity contribution in [2.75, 3.05) is 6.54 Å². The maximum absolute atomic E-state index is 11.4. The summed E-state index contributed by atoms with van der Waals surface area (Å²) in [4.78, 5) is 41.5. The lowest BCUT2D eigenvalue weighted by molar-refractivity contribution is -0.852. The third-order valence-electron chi connectivity index (χ3n) is 3.98. The minimum atomic E-state index is -2.79. The van der Waals surface area contributed by atoms with Gasteiger partial charge >= 0.3 is 5.79 Å². The molecular formula is C13H24N4O8. The molecule has 1 rings (SSSR count). The molecule has 1 heterocycles. The Morgan fingerprint density at radius 3 is 2.24 bits per heavy atom. The zero-order valence-electron chi connectivity index (χ0n) is 14.4. The topological polar surface area (TPSA) is 151 Å². The highest BCUT2D eigenvalue weighted by molar-refractivity contribution is 4.75. The van der Waals surface area contributed by atoms with Gasteiger partial charge in [-0.25, -0.2) is 0 Å². The lowest BCUT2D eigenvalue weighted by Gasteiger charge is -2.23. The van der Waals surface area contributed by atoms with Gasteiger partial charge in [-0.2, -0.15) is 0 Å². The second-order valence-corrected chi connectivity index (χ2v) is 6.00. The van der Waals surface area contributed by atoms with Crippen LogP contribution in [0.1, 0.15) is 58.8 Å². The highest BCUT2D eigenvalue weighted by atomic mass is 17.0. The number of hydrogen-bond donors (Lipinski definition) is 0. The number of hydroxylamine groups is 2. The van der Waals surface area contributed by atoms with Gasteiger partial charge < -0.3 is 0 Å². The molecule has 0 aliphatic carbocycles. The molecule has 1 aliphatic rings. The molecule has 0 radical (unpaired) electrons. The summed E-state index contributed by atoms with van der Waals surface area (Å²) in [5.74, 6) is -2.79. The number of nitro groups is 3. The van der Waals surface area contributed by atoms with Gasteiger partial charge in [-0.3, -0.25) is 40.0 Å². The van der Waals surface area contributed by atoms with E-state index >= 15 is 0 Å². The molecule has 12 nitrogen and oxygen atoms in total. The summed E-state index contributed by atoms with van der Waals surface area (Å²) < 4.78 is 0. The van der Waals surface area contributed by atoms with Crippen molar-refractivity contribution in [3.05, 3.63) is 30.3 Å². The Labute approximate surface area is 144 Å². The molecule has 1 saturated heterocycles. The summed E-state index contributed by atoms with van der Waals surface area (Å²) in [5, 5.41) is 33.9. The van der Waals surface area contributed by atoms with Crippen LogP contribution in [0.15, 0.2) is 0 Å². The van der Waals surface area contributed by atoms with E-state index in [1.54, 1.807) is 0 Å². The highest BCUT2D eigenvalue weighted by Gasteiger charge is 2.71. The first-order chi connectivity index (χ1) is 11.8. The van der Waals surface area contributed by atoms with E-state index in [4.69, 9.17) is 9.68 Å². The molecule has 25 heavy (non-hydrogen) atoms. The van der Waals surface area contributed by atoms with Crippen LogP contribution in [-0.4, -0.2) is 44.5 Å². The minimum absolute atomic E-state index is 0.239. The fourth-order valence-electron chi connectivity index (χ4n) is 2.59. The first kappa shape index (κ1) is 21.1. The van der Waals surface area contributed by atoms with Crippen LogP contribution in [0, 0.1) is 30.3 Å². The Morgan fingerprint density at radius 1 is 1.16 bits per heavy atom. The highest BCUT2D eigenvalue weighted by Crippen LogP contribution is 2.36. The molecule has 0 N–H and O–H groups in total. The van der Waals surface area contributed by atoms with Crippen LogP contribution in [0.4, 0.5) is 0 Å². The van der Waals surface area contributed by atoms with Crippen molar-refractivity contribution in [2.24, 2.45) is 0 Å². The summed E-state index contributed by atoms with van der Waals surface area (Å²) in [5.41, 5.74) is 0. The molecule has 0 aromatic rings. The summed E-state index contributed by atoms with van der Waals surface area (Å²) in [6.07, 6.45) is 1.15. The van der Waals surface area contributed by atoms with Crippen LogP contribution < -0.4 is 0 Å². The molecule has 1 aliphatic heterocycles. The predicted molar refractivity (Wildman–Crippen MR) is 83.8 cm³/mol.